The number of nitrogens with one attached hydrogen (secondary N) is 2. The molecule has 1 aliphatic carbocycles. The molecule has 2 fully saturated rings. The highest BCUT2D eigenvalue weighted by Crippen LogP contribution is 2.23. The quantitative estimate of drug-likeness (QED) is 0.239. The lowest BCUT2D eigenvalue weighted by Crippen LogP contribution is -2.55. The molecule has 32 heavy (non-hydrogen) atoms. The molecule has 9 nitrogen and oxygen atoms in total. The van der Waals surface area contributed by atoms with Gasteiger partial charge < -0.3 is 30.7 Å². The number of nitrogens with zero attached hydrogens (tertiary/aromatic N) is 2. The predicted octanol–water partition coefficient (Wildman–Crippen LogP) is 1.67. The van der Waals surface area contributed by atoms with Crippen LogP contribution in [-0.4, -0.2) is 83.2 Å². The molecule has 3 atom stereocenters. The maximum absolute atomic E-state index is 13.4. The molecule has 180 valence electrons. The van der Waals surface area contributed by atoms with E-state index in [-0.39, 0.29) is 36.5 Å². The van der Waals surface area contributed by atoms with Crippen molar-refractivity contribution in [1.82, 2.24) is 15.1 Å². The van der Waals surface area contributed by atoms with Crippen molar-refractivity contribution in [3.05, 3.63) is 12.2 Å². The normalized spacial score (nSPS) is 25.5. The summed E-state index contributed by atoms with van der Waals surface area (Å²) in [4.78, 5) is 28.6. The molecule has 9 heteroatoms. The van der Waals surface area contributed by atoms with Gasteiger partial charge >= 0.3 is 5.97 Å². The Morgan fingerprint density at radius 3 is 2.59 bits per heavy atom. The van der Waals surface area contributed by atoms with E-state index in [0.717, 1.165) is 70.9 Å². The zero-order chi connectivity index (χ0) is 22.9. The van der Waals surface area contributed by atoms with E-state index in [1.54, 1.807) is 0 Å². The average molecular weight is 450 g/mol. The summed E-state index contributed by atoms with van der Waals surface area (Å²) in [5.41, 5.74) is 5.55. The second-order valence-electron chi connectivity index (χ2n) is 9.21. The molecule has 0 aromatic heterocycles. The van der Waals surface area contributed by atoms with Crippen LogP contribution in [0.25, 0.3) is 0 Å². The zero-order valence-corrected chi connectivity index (χ0v) is 19.0. The molecule has 2 saturated heterocycles. The third kappa shape index (κ3) is 7.20. The van der Waals surface area contributed by atoms with Crippen molar-refractivity contribution >= 4 is 17.8 Å². The Kier molecular flexibility index (Phi) is 9.35. The molecule has 2 aliphatic heterocycles. The van der Waals surface area contributed by atoms with Gasteiger partial charge in [-0.15, -0.1) is 0 Å². The molecular weight excluding hydrogens is 410 g/mol. The maximum Gasteiger partial charge on any atom is 0.305 e. The lowest BCUT2D eigenvalue weighted by atomic mass is 9.96. The van der Waals surface area contributed by atoms with Crippen LogP contribution in [0.15, 0.2) is 12.2 Å². The summed E-state index contributed by atoms with van der Waals surface area (Å²) in [5.74, 6) is -0.911. The molecule has 3 aliphatic rings. The van der Waals surface area contributed by atoms with Gasteiger partial charge in [-0.05, 0) is 57.8 Å². The molecule has 1 amide bonds. The number of ether oxygens (including phenoxy) is 1. The molecule has 0 saturated carbocycles. The Hall–Kier alpha value is -2.13. The number of carbonyl (C=O) groups excluding carboxylic acids is 1. The van der Waals surface area contributed by atoms with Crippen LogP contribution in [0.5, 0.6) is 0 Å². The van der Waals surface area contributed by atoms with Gasteiger partial charge in [0.1, 0.15) is 0 Å². The molecule has 5 N–H and O–H groups in total. The van der Waals surface area contributed by atoms with Crippen molar-refractivity contribution < 1.29 is 19.4 Å². The highest BCUT2D eigenvalue weighted by atomic mass is 16.5. The van der Waals surface area contributed by atoms with E-state index in [9.17, 15) is 14.7 Å². The van der Waals surface area contributed by atoms with E-state index in [4.69, 9.17) is 15.9 Å². The molecule has 2 unspecified atom stereocenters. The van der Waals surface area contributed by atoms with E-state index in [1.807, 2.05) is 9.80 Å². The number of hydrogen-bond acceptors (Lipinski definition) is 5. The van der Waals surface area contributed by atoms with E-state index in [2.05, 4.69) is 17.5 Å². The Bertz CT molecular complexity index is 677. The topological polar surface area (TPSA) is 132 Å². The van der Waals surface area contributed by atoms with Crippen LogP contribution in [0.1, 0.15) is 64.2 Å². The first-order valence-corrected chi connectivity index (χ1v) is 12.1. The minimum absolute atomic E-state index is 0.0820. The van der Waals surface area contributed by atoms with Gasteiger partial charge in [0.05, 0.1) is 18.6 Å². The molecule has 0 bridgehead atoms. The van der Waals surface area contributed by atoms with Crippen molar-refractivity contribution in [2.45, 2.75) is 88.4 Å². The molecule has 0 spiro atoms. The summed E-state index contributed by atoms with van der Waals surface area (Å²) in [5, 5.41) is 20.3. The summed E-state index contributed by atoms with van der Waals surface area (Å²) >= 11 is 0. The second kappa shape index (κ2) is 12.2. The monoisotopic (exact) mass is 449 g/mol. The van der Waals surface area contributed by atoms with Gasteiger partial charge in [-0.1, -0.05) is 12.2 Å². The number of carbonyl (C=O) groups is 2. The van der Waals surface area contributed by atoms with Gasteiger partial charge in [0.2, 0.25) is 5.91 Å². The zero-order valence-electron chi connectivity index (χ0n) is 19.0. The average Bonchev–Trinajstić information content (AvgIpc) is 2.79. The van der Waals surface area contributed by atoms with Crippen LogP contribution in [0.4, 0.5) is 0 Å². The van der Waals surface area contributed by atoms with Gasteiger partial charge in [-0.3, -0.25) is 15.0 Å². The summed E-state index contributed by atoms with van der Waals surface area (Å²) in [6.45, 7) is 2.76. The van der Waals surface area contributed by atoms with Crippen molar-refractivity contribution in [2.75, 3.05) is 26.2 Å². The second-order valence-corrected chi connectivity index (χ2v) is 9.21. The number of piperidine rings is 2. The van der Waals surface area contributed by atoms with Crippen LogP contribution in [-0.2, 0) is 14.3 Å². The van der Waals surface area contributed by atoms with Crippen LogP contribution in [0.2, 0.25) is 0 Å². The lowest BCUT2D eigenvalue weighted by molar-refractivity contribution is -0.145. The third-order valence-corrected chi connectivity index (χ3v) is 6.88. The molecule has 0 aromatic rings. The maximum atomic E-state index is 13.4. The summed E-state index contributed by atoms with van der Waals surface area (Å²) in [7, 11) is 0. The highest BCUT2D eigenvalue weighted by Gasteiger charge is 2.34. The number of hydrogen-bond donors (Lipinski definition) is 4. The number of guanidine groups is 1. The molecular formula is C23H39N5O4. The van der Waals surface area contributed by atoms with Crippen molar-refractivity contribution in [2.24, 2.45) is 5.73 Å². The SMILES string of the molecule is N=C(N)N1CCC(OCCC2CCCCN2C(=O)[C@H](CC(=O)O)NC2CC=CCC2)CC1. The minimum Gasteiger partial charge on any atom is -0.481 e. The van der Waals surface area contributed by atoms with Crippen LogP contribution in [0, 0.1) is 5.41 Å². The standard InChI is InChI=1S/C23H39N5O4/c24-23(25)27-13-9-19(10-14-27)32-15-11-18-8-4-5-12-28(18)22(31)20(16-21(29)30)26-17-6-2-1-3-7-17/h1-2,17-20,26H,3-16H2,(H3,24,25)(H,29,30)/t17?,18?,20-/m0/s1. The molecule has 0 aromatic carbocycles. The first kappa shape index (κ1) is 24.5. The number of likely N-dealkylation sites (tertiary alicyclic amines) is 2. The Labute approximate surface area is 190 Å². The van der Waals surface area contributed by atoms with Gasteiger partial charge in [0, 0.05) is 38.3 Å². The number of aliphatic carboxylic acids is 1. The highest BCUT2D eigenvalue weighted by molar-refractivity contribution is 5.86. The fourth-order valence-electron chi connectivity index (χ4n) is 5.05. The molecule has 2 heterocycles. The summed E-state index contributed by atoms with van der Waals surface area (Å²) in [6, 6.07) is -0.430. The van der Waals surface area contributed by atoms with Crippen molar-refractivity contribution in [1.29, 1.82) is 5.41 Å². The lowest BCUT2D eigenvalue weighted by Gasteiger charge is -2.39. The number of allylic oxidation sites excluding steroid dienone is 1. The number of nitrogens with two attached hydrogens (primary N) is 1. The Morgan fingerprint density at radius 2 is 1.94 bits per heavy atom. The molecule has 3 rings (SSSR count). The fraction of sp³-hybridized carbons (Fsp3) is 0.783. The number of carboxylic acids is 1. The summed E-state index contributed by atoms with van der Waals surface area (Å²) in [6.07, 6.45) is 12.4. The third-order valence-electron chi connectivity index (χ3n) is 6.88. The van der Waals surface area contributed by atoms with Gasteiger partial charge in [-0.2, -0.15) is 0 Å². The fourth-order valence-corrected chi connectivity index (χ4v) is 5.05. The number of carboxylic acid groups (broad SMARTS) is 1. The largest absolute Gasteiger partial charge is 0.481 e. The molecule has 0 radical (unpaired) electrons. The van der Waals surface area contributed by atoms with E-state index >= 15 is 0 Å². The number of amides is 1. The van der Waals surface area contributed by atoms with Crippen molar-refractivity contribution in [3.63, 3.8) is 0 Å². The van der Waals surface area contributed by atoms with Gasteiger partial charge in [-0.25, -0.2) is 0 Å². The summed E-state index contributed by atoms with van der Waals surface area (Å²) < 4.78 is 6.10. The van der Waals surface area contributed by atoms with E-state index in [0.29, 0.717) is 13.2 Å². The number of rotatable bonds is 9. The smallest absolute Gasteiger partial charge is 0.305 e. The van der Waals surface area contributed by atoms with Crippen molar-refractivity contribution in [3.8, 4) is 0 Å². The van der Waals surface area contributed by atoms with E-state index < -0.39 is 12.0 Å². The minimum atomic E-state index is -0.948. The first-order valence-electron chi connectivity index (χ1n) is 12.1. The van der Waals surface area contributed by atoms with Crippen LogP contribution in [0.3, 0.4) is 0 Å². The van der Waals surface area contributed by atoms with Gasteiger partial charge in [0.25, 0.3) is 0 Å². The van der Waals surface area contributed by atoms with E-state index in [1.165, 1.54) is 0 Å². The van der Waals surface area contributed by atoms with Crippen LogP contribution >= 0.6 is 0 Å². The Balaban J connectivity index is 1.51. The first-order chi connectivity index (χ1) is 15.4. The van der Waals surface area contributed by atoms with Crippen LogP contribution < -0.4 is 11.1 Å². The Morgan fingerprint density at radius 1 is 1.16 bits per heavy atom. The van der Waals surface area contributed by atoms with Gasteiger partial charge in [0.15, 0.2) is 5.96 Å². The predicted molar refractivity (Wildman–Crippen MR) is 122 cm³/mol.